The smallest absolute Gasteiger partial charge is 0.335 e. The maximum absolute atomic E-state index is 10.8. The Hall–Kier alpha value is -1.77. The molecule has 0 atom stereocenters. The van der Waals surface area contributed by atoms with Crippen LogP contribution in [0.5, 0.6) is 0 Å². The predicted octanol–water partition coefficient (Wildman–Crippen LogP) is 3.09. The van der Waals surface area contributed by atoms with Crippen LogP contribution >= 0.6 is 0 Å². The second kappa shape index (κ2) is 3.37. The minimum atomic E-state index is -0.884. The molecule has 0 unspecified atom stereocenters. The Morgan fingerprint density at radius 3 is 2.50 bits per heavy atom. The Morgan fingerprint density at radius 2 is 1.94 bits per heavy atom. The van der Waals surface area contributed by atoms with Crippen LogP contribution < -0.4 is 0 Å². The molecule has 0 bridgehead atoms. The first-order valence-corrected chi connectivity index (χ1v) is 5.24. The fourth-order valence-corrected chi connectivity index (χ4v) is 1.86. The van der Waals surface area contributed by atoms with Crippen molar-refractivity contribution < 1.29 is 9.90 Å². The van der Waals surface area contributed by atoms with Gasteiger partial charge in [-0.15, -0.1) is 0 Å². The van der Waals surface area contributed by atoms with Gasteiger partial charge < -0.3 is 9.67 Å². The molecule has 1 heterocycles. The lowest BCUT2D eigenvalue weighted by atomic mass is 10.1. The van der Waals surface area contributed by atoms with Crippen LogP contribution in [0, 0.1) is 0 Å². The molecule has 2 aromatic rings. The highest BCUT2D eigenvalue weighted by Gasteiger charge is 2.15. The lowest BCUT2D eigenvalue weighted by Crippen LogP contribution is -2.20. The minimum Gasteiger partial charge on any atom is -0.478 e. The van der Waals surface area contributed by atoms with E-state index in [1.807, 2.05) is 18.3 Å². The normalized spacial score (nSPS) is 11.9. The number of carboxylic acid groups (broad SMARTS) is 1. The van der Waals surface area contributed by atoms with E-state index < -0.39 is 5.97 Å². The molecule has 0 aliphatic carbocycles. The molecule has 84 valence electrons. The summed E-state index contributed by atoms with van der Waals surface area (Å²) in [7, 11) is 0. The average molecular weight is 217 g/mol. The third-order valence-corrected chi connectivity index (χ3v) is 2.66. The summed E-state index contributed by atoms with van der Waals surface area (Å²) >= 11 is 0. The molecule has 3 nitrogen and oxygen atoms in total. The molecule has 1 aromatic carbocycles. The number of nitrogens with zero attached hydrogens (tertiary/aromatic N) is 1. The van der Waals surface area contributed by atoms with E-state index in [0.29, 0.717) is 5.56 Å². The minimum absolute atomic E-state index is 0.00644. The fourth-order valence-electron chi connectivity index (χ4n) is 1.86. The van der Waals surface area contributed by atoms with E-state index in [1.54, 1.807) is 12.1 Å². The Labute approximate surface area is 94.3 Å². The standard InChI is InChI=1S/C13H15NO2/c1-13(2,3)14-7-6-9-8-10(12(15)16)4-5-11(9)14/h4-8H,1-3H3,(H,15,16). The fraction of sp³-hybridized carbons (Fsp3) is 0.308. The summed E-state index contributed by atoms with van der Waals surface area (Å²) in [6.07, 6.45) is 2.00. The summed E-state index contributed by atoms with van der Waals surface area (Å²) in [6, 6.07) is 7.17. The average Bonchev–Trinajstić information content (AvgIpc) is 2.58. The molecule has 0 spiro atoms. The molecule has 0 aliphatic rings. The van der Waals surface area contributed by atoms with Crippen molar-refractivity contribution in [1.82, 2.24) is 4.57 Å². The summed E-state index contributed by atoms with van der Waals surface area (Å²) < 4.78 is 2.15. The van der Waals surface area contributed by atoms with Gasteiger partial charge in [0, 0.05) is 22.6 Å². The molecule has 16 heavy (non-hydrogen) atoms. The van der Waals surface area contributed by atoms with Gasteiger partial charge in [0.2, 0.25) is 0 Å². The van der Waals surface area contributed by atoms with Crippen LogP contribution in [0.1, 0.15) is 31.1 Å². The third kappa shape index (κ3) is 1.69. The van der Waals surface area contributed by atoms with Crippen LogP contribution in [0.15, 0.2) is 30.5 Å². The summed E-state index contributed by atoms with van der Waals surface area (Å²) in [4.78, 5) is 10.8. The molecule has 1 N–H and O–H groups in total. The highest BCUT2D eigenvalue weighted by atomic mass is 16.4. The van der Waals surface area contributed by atoms with E-state index in [-0.39, 0.29) is 5.54 Å². The number of carboxylic acids is 1. The number of fused-ring (bicyclic) bond motifs is 1. The molecule has 0 saturated carbocycles. The monoisotopic (exact) mass is 217 g/mol. The Kier molecular flexibility index (Phi) is 2.26. The number of aromatic nitrogens is 1. The quantitative estimate of drug-likeness (QED) is 0.797. The zero-order chi connectivity index (χ0) is 11.9. The van der Waals surface area contributed by atoms with Gasteiger partial charge in [-0.3, -0.25) is 0 Å². The van der Waals surface area contributed by atoms with Gasteiger partial charge >= 0.3 is 5.97 Å². The van der Waals surface area contributed by atoms with Crippen molar-refractivity contribution in [3.05, 3.63) is 36.0 Å². The largest absolute Gasteiger partial charge is 0.478 e. The van der Waals surface area contributed by atoms with Crippen molar-refractivity contribution in [2.24, 2.45) is 0 Å². The molecule has 0 radical (unpaired) electrons. The molecule has 0 saturated heterocycles. The maximum Gasteiger partial charge on any atom is 0.335 e. The molecule has 3 heteroatoms. The highest BCUT2D eigenvalue weighted by Crippen LogP contribution is 2.24. The lowest BCUT2D eigenvalue weighted by molar-refractivity contribution is 0.0697. The highest BCUT2D eigenvalue weighted by molar-refractivity contribution is 5.93. The van der Waals surface area contributed by atoms with Gasteiger partial charge in [-0.05, 0) is 45.0 Å². The van der Waals surface area contributed by atoms with Crippen LogP contribution in [0.3, 0.4) is 0 Å². The van der Waals surface area contributed by atoms with Crippen molar-refractivity contribution in [2.45, 2.75) is 26.3 Å². The SMILES string of the molecule is CC(C)(C)n1ccc2cc(C(=O)O)ccc21. The second-order valence-electron chi connectivity index (χ2n) is 4.94. The van der Waals surface area contributed by atoms with Crippen LogP contribution in [-0.4, -0.2) is 15.6 Å². The van der Waals surface area contributed by atoms with Crippen LogP contribution in [0.4, 0.5) is 0 Å². The van der Waals surface area contributed by atoms with E-state index in [2.05, 4.69) is 25.3 Å². The summed E-state index contributed by atoms with van der Waals surface area (Å²) in [5.41, 5.74) is 1.41. The Balaban J connectivity index is 2.64. The van der Waals surface area contributed by atoms with Crippen molar-refractivity contribution in [3.8, 4) is 0 Å². The van der Waals surface area contributed by atoms with E-state index in [4.69, 9.17) is 5.11 Å². The number of benzene rings is 1. The van der Waals surface area contributed by atoms with Gasteiger partial charge in [0.05, 0.1) is 5.56 Å². The number of hydrogen-bond donors (Lipinski definition) is 1. The molecule has 0 fully saturated rings. The predicted molar refractivity (Wildman–Crippen MR) is 63.9 cm³/mol. The topological polar surface area (TPSA) is 42.2 Å². The van der Waals surface area contributed by atoms with Gasteiger partial charge in [0.1, 0.15) is 0 Å². The van der Waals surface area contributed by atoms with Gasteiger partial charge in [-0.25, -0.2) is 4.79 Å². The number of carbonyl (C=O) groups is 1. The molecular weight excluding hydrogens is 202 g/mol. The van der Waals surface area contributed by atoms with E-state index in [1.165, 1.54) is 0 Å². The molecular formula is C13H15NO2. The molecule has 0 amide bonds. The second-order valence-corrected chi connectivity index (χ2v) is 4.94. The number of aromatic carboxylic acids is 1. The zero-order valence-electron chi connectivity index (χ0n) is 9.69. The first kappa shape index (κ1) is 10.7. The van der Waals surface area contributed by atoms with Crippen molar-refractivity contribution >= 4 is 16.9 Å². The molecule has 1 aromatic heterocycles. The number of hydrogen-bond acceptors (Lipinski definition) is 1. The van der Waals surface area contributed by atoms with Crippen molar-refractivity contribution in [3.63, 3.8) is 0 Å². The maximum atomic E-state index is 10.8. The van der Waals surface area contributed by atoms with Gasteiger partial charge in [-0.1, -0.05) is 0 Å². The van der Waals surface area contributed by atoms with Crippen LogP contribution in [0.25, 0.3) is 10.9 Å². The number of rotatable bonds is 1. The lowest BCUT2D eigenvalue weighted by Gasteiger charge is -2.22. The first-order valence-electron chi connectivity index (χ1n) is 5.24. The van der Waals surface area contributed by atoms with E-state index in [0.717, 1.165) is 10.9 Å². The van der Waals surface area contributed by atoms with E-state index in [9.17, 15) is 4.79 Å². The van der Waals surface area contributed by atoms with Crippen LogP contribution in [-0.2, 0) is 5.54 Å². The summed E-state index contributed by atoms with van der Waals surface area (Å²) in [5, 5.41) is 9.87. The van der Waals surface area contributed by atoms with Gasteiger partial charge in [-0.2, -0.15) is 0 Å². The van der Waals surface area contributed by atoms with E-state index >= 15 is 0 Å². The van der Waals surface area contributed by atoms with Crippen LogP contribution in [0.2, 0.25) is 0 Å². The van der Waals surface area contributed by atoms with Gasteiger partial charge in [0.25, 0.3) is 0 Å². The van der Waals surface area contributed by atoms with Crippen molar-refractivity contribution in [2.75, 3.05) is 0 Å². The van der Waals surface area contributed by atoms with Gasteiger partial charge in [0.15, 0.2) is 0 Å². The summed E-state index contributed by atoms with van der Waals surface area (Å²) in [5.74, 6) is -0.884. The third-order valence-electron chi connectivity index (χ3n) is 2.66. The Morgan fingerprint density at radius 1 is 1.25 bits per heavy atom. The molecule has 2 rings (SSSR count). The Bertz CT molecular complexity index is 547. The molecule has 0 aliphatic heterocycles. The summed E-state index contributed by atoms with van der Waals surface area (Å²) in [6.45, 7) is 6.37. The first-order chi connectivity index (χ1) is 7.39. The zero-order valence-corrected chi connectivity index (χ0v) is 9.69. The van der Waals surface area contributed by atoms with Crippen molar-refractivity contribution in [1.29, 1.82) is 0 Å².